The van der Waals surface area contributed by atoms with Crippen LogP contribution in [0.5, 0.6) is 0 Å². The monoisotopic (exact) mass is 114 g/mol. The summed E-state index contributed by atoms with van der Waals surface area (Å²) in [5, 5.41) is 0. The van der Waals surface area contributed by atoms with E-state index in [4.69, 9.17) is 0 Å². The van der Waals surface area contributed by atoms with E-state index in [0.29, 0.717) is 0 Å². The Balaban J connectivity index is 0. The van der Waals surface area contributed by atoms with Gasteiger partial charge in [0, 0.05) is 5.92 Å². The number of carbonyl (C=O) groups is 1. The van der Waals surface area contributed by atoms with E-state index >= 15 is 0 Å². The third-order valence-corrected chi connectivity index (χ3v) is 0.813. The number of hydrogen-bond donors (Lipinski definition) is 0. The first kappa shape index (κ1) is 10.4. The molecule has 48 valence electrons. The van der Waals surface area contributed by atoms with Crippen molar-refractivity contribution >= 4 is 5.78 Å². The highest BCUT2D eigenvalue weighted by Gasteiger charge is 1.94. The van der Waals surface area contributed by atoms with Gasteiger partial charge in [-0.3, -0.25) is 4.79 Å². The molecule has 0 aromatic rings. The average Bonchev–Trinajstić information content (AvgIpc) is 1.72. The van der Waals surface area contributed by atoms with Gasteiger partial charge in [-0.2, -0.15) is 0 Å². The largest absolute Gasteiger partial charge is 0.300 e. The van der Waals surface area contributed by atoms with Gasteiger partial charge in [0.1, 0.15) is 5.78 Å². The first-order chi connectivity index (χ1) is 3.64. The highest BCUT2D eigenvalue weighted by Crippen LogP contribution is 1.89. The molecule has 0 bridgehead atoms. The van der Waals surface area contributed by atoms with Crippen molar-refractivity contribution in [1.82, 2.24) is 0 Å². The summed E-state index contributed by atoms with van der Waals surface area (Å²) in [6.07, 6.45) is 0. The molecule has 0 radical (unpaired) electrons. The molecule has 0 amide bonds. The van der Waals surface area contributed by atoms with Crippen LogP contribution in [-0.4, -0.2) is 5.78 Å². The first-order valence-electron chi connectivity index (χ1n) is 2.65. The number of rotatable bonds is 1. The van der Waals surface area contributed by atoms with Gasteiger partial charge in [0.15, 0.2) is 0 Å². The van der Waals surface area contributed by atoms with Gasteiger partial charge < -0.3 is 0 Å². The minimum atomic E-state index is 0.213. The fourth-order valence-electron chi connectivity index (χ4n) is 0. The molecule has 8 heavy (non-hydrogen) atoms. The Kier molecular flexibility index (Phi) is 8.34. The summed E-state index contributed by atoms with van der Waals surface area (Å²) in [6, 6.07) is 0. The Bertz CT molecular complexity index is 64.8. The lowest BCUT2D eigenvalue weighted by Gasteiger charge is -1.90. The van der Waals surface area contributed by atoms with Crippen LogP contribution in [0.25, 0.3) is 0 Å². The van der Waals surface area contributed by atoms with Crippen molar-refractivity contribution in [2.24, 2.45) is 5.92 Å². The van der Waals surface area contributed by atoms with Crippen molar-refractivity contribution in [2.45, 2.75) is 20.8 Å². The first-order valence-corrected chi connectivity index (χ1v) is 2.65. The number of ketones is 1. The molecule has 0 aromatic heterocycles. The second-order valence-corrected chi connectivity index (χ2v) is 1.77. The lowest BCUT2D eigenvalue weighted by atomic mass is 10.1. The van der Waals surface area contributed by atoms with E-state index in [1.54, 1.807) is 6.92 Å². The van der Waals surface area contributed by atoms with Crippen LogP contribution in [0.4, 0.5) is 0 Å². The quantitative estimate of drug-likeness (QED) is 0.477. The van der Waals surface area contributed by atoms with Crippen molar-refractivity contribution in [1.29, 1.82) is 0 Å². The third kappa shape index (κ3) is 9.05. The lowest BCUT2D eigenvalue weighted by molar-refractivity contribution is -0.119. The maximum Gasteiger partial charge on any atom is 0.132 e. The fourth-order valence-corrected chi connectivity index (χ4v) is 0. The summed E-state index contributed by atoms with van der Waals surface area (Å²) in [6.45, 7) is 11.4. The predicted molar refractivity (Wildman–Crippen MR) is 36.8 cm³/mol. The Morgan fingerprint density at radius 1 is 1.38 bits per heavy atom. The van der Waals surface area contributed by atoms with E-state index in [0.717, 1.165) is 0 Å². The molecule has 0 rings (SSSR count). The van der Waals surface area contributed by atoms with Gasteiger partial charge >= 0.3 is 0 Å². The van der Waals surface area contributed by atoms with Crippen LogP contribution in [0.1, 0.15) is 20.8 Å². The molecular weight excluding hydrogens is 100 g/mol. The zero-order valence-corrected chi connectivity index (χ0v) is 5.90. The molecule has 1 nitrogen and oxygen atoms in total. The molecule has 0 aliphatic rings. The molecule has 0 atom stereocenters. The maximum absolute atomic E-state index is 10.1. The van der Waals surface area contributed by atoms with Crippen LogP contribution in [0.3, 0.4) is 0 Å². The minimum Gasteiger partial charge on any atom is -0.300 e. The fraction of sp³-hybridized carbons (Fsp3) is 0.571. The second kappa shape index (κ2) is 6.41. The summed E-state index contributed by atoms with van der Waals surface area (Å²) in [7, 11) is 0. The van der Waals surface area contributed by atoms with Gasteiger partial charge in [-0.05, 0) is 6.92 Å². The molecule has 0 saturated heterocycles. The summed E-state index contributed by atoms with van der Waals surface area (Å²) in [4.78, 5) is 10.1. The van der Waals surface area contributed by atoms with Crippen molar-refractivity contribution in [3.63, 3.8) is 0 Å². The van der Waals surface area contributed by atoms with Crippen LogP contribution in [-0.2, 0) is 4.79 Å². The number of hydrogen-bond acceptors (Lipinski definition) is 1. The van der Waals surface area contributed by atoms with Crippen LogP contribution in [0.2, 0.25) is 0 Å². The molecule has 0 aliphatic carbocycles. The van der Waals surface area contributed by atoms with E-state index < -0.39 is 0 Å². The maximum atomic E-state index is 10.1. The van der Waals surface area contributed by atoms with Crippen LogP contribution >= 0.6 is 0 Å². The Labute approximate surface area is 51.4 Å². The smallest absolute Gasteiger partial charge is 0.132 e. The standard InChI is InChI=1S/C5H10O.C2H4/c1-4(2)5(3)6;1-2/h4H,1-3H3;1-2H2. The van der Waals surface area contributed by atoms with Gasteiger partial charge in [-0.25, -0.2) is 0 Å². The molecule has 0 spiro atoms. The molecule has 0 unspecified atom stereocenters. The molecule has 0 aromatic carbocycles. The number of carbonyl (C=O) groups excluding carboxylic acids is 1. The normalized spacial score (nSPS) is 7.50. The lowest BCUT2D eigenvalue weighted by Crippen LogP contribution is -1.98. The van der Waals surface area contributed by atoms with Crippen LogP contribution < -0.4 is 0 Å². The van der Waals surface area contributed by atoms with E-state index in [-0.39, 0.29) is 11.7 Å². The van der Waals surface area contributed by atoms with Crippen molar-refractivity contribution in [3.05, 3.63) is 13.2 Å². The van der Waals surface area contributed by atoms with Gasteiger partial charge in [0.25, 0.3) is 0 Å². The summed E-state index contributed by atoms with van der Waals surface area (Å²) in [5.74, 6) is 0.472. The minimum absolute atomic E-state index is 0.213. The molecule has 1 heteroatoms. The van der Waals surface area contributed by atoms with Crippen molar-refractivity contribution < 1.29 is 4.79 Å². The number of Topliss-reactive ketones (excluding diaryl/α,β-unsaturated/α-hetero) is 1. The zero-order chi connectivity index (χ0) is 7.15. The summed E-state index contributed by atoms with van der Waals surface area (Å²) < 4.78 is 0. The topological polar surface area (TPSA) is 17.1 Å². The molecule has 0 fully saturated rings. The van der Waals surface area contributed by atoms with Gasteiger partial charge in [0.2, 0.25) is 0 Å². The second-order valence-electron chi connectivity index (χ2n) is 1.77. The predicted octanol–water partition coefficient (Wildman–Crippen LogP) is 2.03. The average molecular weight is 114 g/mol. The van der Waals surface area contributed by atoms with Crippen molar-refractivity contribution in [3.8, 4) is 0 Å². The van der Waals surface area contributed by atoms with Crippen molar-refractivity contribution in [2.75, 3.05) is 0 Å². The molecule has 0 N–H and O–H groups in total. The zero-order valence-electron chi connectivity index (χ0n) is 5.90. The van der Waals surface area contributed by atoms with E-state index in [2.05, 4.69) is 13.2 Å². The van der Waals surface area contributed by atoms with Crippen LogP contribution in [0.15, 0.2) is 13.2 Å². The summed E-state index contributed by atoms with van der Waals surface area (Å²) >= 11 is 0. The highest BCUT2D eigenvalue weighted by molar-refractivity contribution is 5.77. The molecule has 0 saturated carbocycles. The molecule has 0 aliphatic heterocycles. The summed E-state index contributed by atoms with van der Waals surface area (Å²) in [5.41, 5.74) is 0. The Morgan fingerprint density at radius 3 is 1.50 bits per heavy atom. The van der Waals surface area contributed by atoms with E-state index in [1.807, 2.05) is 13.8 Å². The third-order valence-electron chi connectivity index (χ3n) is 0.813. The highest BCUT2D eigenvalue weighted by atomic mass is 16.1. The van der Waals surface area contributed by atoms with Gasteiger partial charge in [-0.1, -0.05) is 13.8 Å². The SMILES string of the molecule is C=C.CC(=O)C(C)C. The molecule has 0 heterocycles. The van der Waals surface area contributed by atoms with E-state index in [1.165, 1.54) is 0 Å². The van der Waals surface area contributed by atoms with Crippen LogP contribution in [0, 0.1) is 5.92 Å². The van der Waals surface area contributed by atoms with E-state index in [9.17, 15) is 4.79 Å². The Hall–Kier alpha value is -0.590. The van der Waals surface area contributed by atoms with Gasteiger partial charge in [-0.15, -0.1) is 13.2 Å². The Morgan fingerprint density at radius 2 is 1.50 bits per heavy atom. The van der Waals surface area contributed by atoms with Gasteiger partial charge in [0.05, 0.1) is 0 Å². The molecular formula is C7H14O.